The van der Waals surface area contributed by atoms with E-state index in [0.29, 0.717) is 10.6 Å². The third-order valence-electron chi connectivity index (χ3n) is 3.84. The number of hydrogen-bond donors (Lipinski definition) is 1. The molecule has 1 N–H and O–H groups in total. The van der Waals surface area contributed by atoms with Crippen LogP contribution in [0.5, 0.6) is 0 Å². The van der Waals surface area contributed by atoms with Gasteiger partial charge in [0.05, 0.1) is 21.8 Å². The molecule has 0 bridgehead atoms. The number of aromatic nitrogens is 2. The number of carbonyl (C=O) groups is 2. The number of aryl methyl sites for hydroxylation is 1. The normalized spacial score (nSPS) is 11.3. The van der Waals surface area contributed by atoms with Crippen LogP contribution in [0.2, 0.25) is 0 Å². The van der Waals surface area contributed by atoms with Gasteiger partial charge in [-0.3, -0.25) is 14.9 Å². The van der Waals surface area contributed by atoms with Gasteiger partial charge in [-0.2, -0.15) is 13.2 Å². The van der Waals surface area contributed by atoms with E-state index in [-0.39, 0.29) is 22.2 Å². The van der Waals surface area contributed by atoms with Gasteiger partial charge in [0.25, 0.3) is 5.91 Å². The summed E-state index contributed by atoms with van der Waals surface area (Å²) in [5.74, 6) is -0.855. The van der Waals surface area contributed by atoms with Crippen molar-refractivity contribution in [2.75, 3.05) is 5.32 Å². The van der Waals surface area contributed by atoms with E-state index < -0.39 is 17.8 Å². The molecule has 1 amide bonds. The number of alkyl halides is 3. The van der Waals surface area contributed by atoms with Crippen LogP contribution in [0.1, 0.15) is 38.3 Å². The van der Waals surface area contributed by atoms with Crippen LogP contribution >= 0.6 is 11.3 Å². The molecule has 0 aliphatic heterocycles. The highest BCUT2D eigenvalue weighted by molar-refractivity contribution is 7.18. The van der Waals surface area contributed by atoms with Gasteiger partial charge < -0.3 is 0 Å². The van der Waals surface area contributed by atoms with Crippen molar-refractivity contribution in [3.05, 3.63) is 64.3 Å². The van der Waals surface area contributed by atoms with Crippen LogP contribution in [0.25, 0.3) is 11.3 Å². The van der Waals surface area contributed by atoms with Gasteiger partial charge >= 0.3 is 6.18 Å². The van der Waals surface area contributed by atoms with Gasteiger partial charge in [-0.05, 0) is 19.1 Å². The van der Waals surface area contributed by atoms with E-state index in [1.165, 1.54) is 13.8 Å². The predicted molar refractivity (Wildman–Crippen MR) is 99.5 cm³/mol. The minimum Gasteiger partial charge on any atom is -0.298 e. The largest absolute Gasteiger partial charge is 0.433 e. The number of thiazole rings is 1. The molecular weight excluding hydrogens is 391 g/mol. The molecule has 28 heavy (non-hydrogen) atoms. The van der Waals surface area contributed by atoms with Crippen molar-refractivity contribution in [2.24, 2.45) is 0 Å². The summed E-state index contributed by atoms with van der Waals surface area (Å²) in [6, 6.07) is 10.8. The average molecular weight is 405 g/mol. The molecule has 2 heterocycles. The fraction of sp³-hybridized carbons (Fsp3) is 0.158. The second-order valence-corrected chi connectivity index (χ2v) is 6.90. The van der Waals surface area contributed by atoms with E-state index in [9.17, 15) is 22.8 Å². The molecule has 3 aromatic rings. The molecule has 0 fully saturated rings. The summed E-state index contributed by atoms with van der Waals surface area (Å²) in [4.78, 5) is 32.6. The smallest absolute Gasteiger partial charge is 0.298 e. The number of pyridine rings is 1. The number of benzene rings is 1. The maximum absolute atomic E-state index is 12.7. The van der Waals surface area contributed by atoms with Gasteiger partial charge in [-0.25, -0.2) is 9.97 Å². The van der Waals surface area contributed by atoms with E-state index in [0.717, 1.165) is 29.0 Å². The molecule has 0 aliphatic rings. The topological polar surface area (TPSA) is 72.0 Å². The lowest BCUT2D eigenvalue weighted by atomic mass is 10.1. The number of nitrogens with zero attached hydrogens (tertiary/aromatic N) is 2. The molecule has 0 unspecified atom stereocenters. The summed E-state index contributed by atoms with van der Waals surface area (Å²) in [7, 11) is 0. The monoisotopic (exact) mass is 405 g/mol. The number of hydrogen-bond acceptors (Lipinski definition) is 5. The molecule has 9 heteroatoms. The van der Waals surface area contributed by atoms with Crippen LogP contribution in [0, 0.1) is 6.92 Å². The Morgan fingerprint density at radius 3 is 2.29 bits per heavy atom. The molecule has 3 rings (SSSR count). The zero-order valence-corrected chi connectivity index (χ0v) is 15.6. The van der Waals surface area contributed by atoms with Crippen LogP contribution in [-0.4, -0.2) is 21.7 Å². The molecule has 5 nitrogen and oxygen atoms in total. The Balaban J connectivity index is 1.90. The Bertz CT molecular complexity index is 1050. The maximum atomic E-state index is 12.7. The molecule has 0 saturated heterocycles. The minimum atomic E-state index is -4.59. The number of Topliss-reactive ketones (excluding diaryl/α,β-unsaturated/α-hetero) is 1. The number of amides is 1. The van der Waals surface area contributed by atoms with Crippen molar-refractivity contribution in [3.8, 4) is 11.3 Å². The first-order valence-electron chi connectivity index (χ1n) is 8.10. The van der Waals surface area contributed by atoms with Crippen LogP contribution in [0.4, 0.5) is 18.3 Å². The summed E-state index contributed by atoms with van der Waals surface area (Å²) in [5, 5.41) is 2.71. The molecule has 0 spiro atoms. The number of ketones is 1. The zero-order valence-electron chi connectivity index (χ0n) is 14.8. The Morgan fingerprint density at radius 1 is 1.04 bits per heavy atom. The molecule has 0 aliphatic carbocycles. The lowest BCUT2D eigenvalue weighted by molar-refractivity contribution is -0.141. The van der Waals surface area contributed by atoms with Crippen LogP contribution in [-0.2, 0) is 6.18 Å². The van der Waals surface area contributed by atoms with E-state index in [1.54, 1.807) is 24.3 Å². The fourth-order valence-electron chi connectivity index (χ4n) is 2.53. The first kappa shape index (κ1) is 19.7. The second kappa shape index (κ2) is 7.51. The van der Waals surface area contributed by atoms with Crippen molar-refractivity contribution >= 4 is 28.2 Å². The lowest BCUT2D eigenvalue weighted by Crippen LogP contribution is -2.16. The third kappa shape index (κ3) is 4.09. The van der Waals surface area contributed by atoms with Gasteiger partial charge in [0.1, 0.15) is 5.69 Å². The molecule has 0 saturated carbocycles. The summed E-state index contributed by atoms with van der Waals surface area (Å²) in [5.41, 5.74) is 0.0290. The Hall–Kier alpha value is -3.07. The highest BCUT2D eigenvalue weighted by Crippen LogP contribution is 2.32. The maximum Gasteiger partial charge on any atom is 0.433 e. The second-order valence-electron chi connectivity index (χ2n) is 5.90. The summed E-state index contributed by atoms with van der Waals surface area (Å²) < 4.78 is 38.2. The van der Waals surface area contributed by atoms with Crippen molar-refractivity contribution < 1.29 is 22.8 Å². The fourth-order valence-corrected chi connectivity index (χ4v) is 3.41. The first-order valence-corrected chi connectivity index (χ1v) is 8.92. The highest BCUT2D eigenvalue weighted by Gasteiger charge is 2.33. The third-order valence-corrected chi connectivity index (χ3v) is 4.91. The SMILES string of the molecule is CC(=O)c1sc(NC(=O)c2ccc(C(F)(F)F)nc2C)nc1-c1ccccc1. The van der Waals surface area contributed by atoms with Crippen LogP contribution in [0.3, 0.4) is 0 Å². The Morgan fingerprint density at radius 2 is 1.71 bits per heavy atom. The number of rotatable bonds is 4. The van der Waals surface area contributed by atoms with Crippen molar-refractivity contribution in [2.45, 2.75) is 20.0 Å². The van der Waals surface area contributed by atoms with E-state index in [4.69, 9.17) is 0 Å². The van der Waals surface area contributed by atoms with Crippen molar-refractivity contribution in [3.63, 3.8) is 0 Å². The minimum absolute atomic E-state index is 0.00571. The number of nitrogens with one attached hydrogen (secondary N) is 1. The summed E-state index contributed by atoms with van der Waals surface area (Å²) >= 11 is 1.01. The number of halogens is 3. The highest BCUT2D eigenvalue weighted by atomic mass is 32.1. The number of anilines is 1. The van der Waals surface area contributed by atoms with Crippen LogP contribution in [0.15, 0.2) is 42.5 Å². The Labute approximate surface area is 162 Å². The Kier molecular flexibility index (Phi) is 5.28. The van der Waals surface area contributed by atoms with Gasteiger partial charge in [0.2, 0.25) is 0 Å². The molecule has 0 atom stereocenters. The van der Waals surface area contributed by atoms with Crippen LogP contribution < -0.4 is 5.32 Å². The molecule has 144 valence electrons. The molecule has 1 aromatic carbocycles. The van der Waals surface area contributed by atoms with Gasteiger partial charge in [-0.1, -0.05) is 41.7 Å². The lowest BCUT2D eigenvalue weighted by Gasteiger charge is -2.09. The van der Waals surface area contributed by atoms with Gasteiger partial charge in [0.15, 0.2) is 10.9 Å². The predicted octanol–water partition coefficient (Wildman–Crippen LogP) is 4.99. The van der Waals surface area contributed by atoms with E-state index in [2.05, 4.69) is 15.3 Å². The number of carbonyl (C=O) groups excluding carboxylic acids is 2. The zero-order chi connectivity index (χ0) is 20.5. The molecular formula is C19H14F3N3O2S. The van der Waals surface area contributed by atoms with E-state index >= 15 is 0 Å². The quantitative estimate of drug-likeness (QED) is 0.621. The summed E-state index contributed by atoms with van der Waals surface area (Å²) in [6.45, 7) is 2.72. The first-order chi connectivity index (χ1) is 13.2. The van der Waals surface area contributed by atoms with Crippen molar-refractivity contribution in [1.82, 2.24) is 9.97 Å². The standard InChI is InChI=1S/C19H14F3N3O2S/c1-10-13(8-9-14(23-10)19(20,21)22)17(27)25-18-24-15(16(28-18)11(2)26)12-6-4-3-5-7-12/h3-9H,1-2H3,(H,24,25,27). The van der Waals surface area contributed by atoms with Gasteiger partial charge in [-0.15, -0.1) is 0 Å². The average Bonchev–Trinajstić information content (AvgIpc) is 3.05. The molecule has 0 radical (unpaired) electrons. The molecule has 2 aromatic heterocycles. The van der Waals surface area contributed by atoms with Gasteiger partial charge in [0, 0.05) is 12.5 Å². The van der Waals surface area contributed by atoms with E-state index in [1.807, 2.05) is 6.07 Å². The van der Waals surface area contributed by atoms with Crippen molar-refractivity contribution in [1.29, 1.82) is 0 Å². The summed E-state index contributed by atoms with van der Waals surface area (Å²) in [6.07, 6.45) is -4.59.